The Hall–Kier alpha value is -0.260. The van der Waals surface area contributed by atoms with Crippen LogP contribution in [0.25, 0.3) is 0 Å². The highest BCUT2D eigenvalue weighted by Crippen LogP contribution is 2.19. The highest BCUT2D eigenvalue weighted by atomic mass is 14.1. The summed E-state index contributed by atoms with van der Waals surface area (Å²) < 4.78 is 0. The molecular formula is C13H26. The molecule has 0 radical (unpaired) electrons. The summed E-state index contributed by atoms with van der Waals surface area (Å²) in [6.07, 6.45) is 7.77. The third kappa shape index (κ3) is 5.90. The van der Waals surface area contributed by atoms with Gasteiger partial charge in [0.15, 0.2) is 0 Å². The van der Waals surface area contributed by atoms with E-state index in [0.717, 1.165) is 11.8 Å². The number of unbranched alkanes of at least 4 members (excludes halogenated alkanes) is 3. The fourth-order valence-electron chi connectivity index (χ4n) is 1.44. The van der Waals surface area contributed by atoms with Crippen LogP contribution in [0, 0.1) is 11.8 Å². The van der Waals surface area contributed by atoms with Gasteiger partial charge < -0.3 is 0 Å². The maximum absolute atomic E-state index is 2.43. The average molecular weight is 182 g/mol. The van der Waals surface area contributed by atoms with Crippen LogP contribution in [-0.4, -0.2) is 0 Å². The lowest BCUT2D eigenvalue weighted by Gasteiger charge is -2.16. The third-order valence-electron chi connectivity index (χ3n) is 2.99. The molecule has 78 valence electrons. The summed E-state index contributed by atoms with van der Waals surface area (Å²) in [6.45, 7) is 11.5. The number of allylic oxidation sites excluding steroid dienone is 2. The van der Waals surface area contributed by atoms with Gasteiger partial charge in [0.2, 0.25) is 0 Å². The van der Waals surface area contributed by atoms with Crippen LogP contribution in [0.3, 0.4) is 0 Å². The Bertz CT molecular complexity index is 142. The van der Waals surface area contributed by atoms with Crippen molar-refractivity contribution in [1.29, 1.82) is 0 Å². The van der Waals surface area contributed by atoms with E-state index in [4.69, 9.17) is 0 Å². The predicted molar refractivity (Wildman–Crippen MR) is 61.9 cm³/mol. The van der Waals surface area contributed by atoms with E-state index in [2.05, 4.69) is 40.7 Å². The van der Waals surface area contributed by atoms with Gasteiger partial charge in [0.25, 0.3) is 0 Å². The summed E-state index contributed by atoms with van der Waals surface area (Å²) in [5, 5.41) is 0. The molecule has 0 amide bonds. The zero-order valence-corrected chi connectivity index (χ0v) is 10.1. The molecule has 0 heterocycles. The van der Waals surface area contributed by atoms with Gasteiger partial charge in [0.1, 0.15) is 0 Å². The molecule has 0 saturated carbocycles. The van der Waals surface area contributed by atoms with E-state index in [1.807, 2.05) is 0 Å². The Balaban J connectivity index is 3.73. The van der Waals surface area contributed by atoms with Crippen LogP contribution in [0.2, 0.25) is 0 Å². The maximum atomic E-state index is 2.43. The zero-order valence-electron chi connectivity index (χ0n) is 10.1. The minimum atomic E-state index is 0.752. The van der Waals surface area contributed by atoms with Crippen LogP contribution >= 0.6 is 0 Å². The van der Waals surface area contributed by atoms with Gasteiger partial charge in [-0.05, 0) is 31.6 Å². The topological polar surface area (TPSA) is 0 Å². The van der Waals surface area contributed by atoms with Gasteiger partial charge in [-0.1, -0.05) is 52.2 Å². The molecule has 0 aliphatic carbocycles. The molecule has 0 spiro atoms. The van der Waals surface area contributed by atoms with Gasteiger partial charge in [-0.3, -0.25) is 0 Å². The smallest absolute Gasteiger partial charge is 0.0211 e. The predicted octanol–water partition coefficient (Wildman–Crippen LogP) is 4.81. The molecule has 0 saturated heterocycles. The van der Waals surface area contributed by atoms with Crippen molar-refractivity contribution in [1.82, 2.24) is 0 Å². The standard InChI is InChI=1S/C13H26/c1-6-7-8-9-10-12(4)13(5)11(2)3/h10-11,13H,6-9H2,1-5H3. The number of hydrogen-bond donors (Lipinski definition) is 0. The van der Waals surface area contributed by atoms with Crippen LogP contribution in [0.4, 0.5) is 0 Å². The van der Waals surface area contributed by atoms with Crippen molar-refractivity contribution < 1.29 is 0 Å². The Kier molecular flexibility index (Phi) is 7.03. The molecule has 0 nitrogen and oxygen atoms in total. The van der Waals surface area contributed by atoms with Crippen molar-refractivity contribution in [3.8, 4) is 0 Å². The molecule has 0 fully saturated rings. The van der Waals surface area contributed by atoms with E-state index < -0.39 is 0 Å². The first-order chi connectivity index (χ1) is 6.09. The van der Waals surface area contributed by atoms with Crippen molar-refractivity contribution in [3.63, 3.8) is 0 Å². The molecule has 0 rings (SSSR count). The first kappa shape index (κ1) is 12.7. The van der Waals surface area contributed by atoms with E-state index >= 15 is 0 Å². The van der Waals surface area contributed by atoms with Gasteiger partial charge in [-0.25, -0.2) is 0 Å². The van der Waals surface area contributed by atoms with E-state index in [-0.39, 0.29) is 0 Å². The zero-order chi connectivity index (χ0) is 10.3. The van der Waals surface area contributed by atoms with Crippen LogP contribution in [-0.2, 0) is 0 Å². The Morgan fingerprint density at radius 1 is 1.15 bits per heavy atom. The number of hydrogen-bond acceptors (Lipinski definition) is 0. The lowest BCUT2D eigenvalue weighted by Crippen LogP contribution is -2.04. The van der Waals surface area contributed by atoms with Crippen molar-refractivity contribution in [3.05, 3.63) is 11.6 Å². The molecule has 0 bridgehead atoms. The van der Waals surface area contributed by atoms with Crippen LogP contribution in [0.1, 0.15) is 60.3 Å². The van der Waals surface area contributed by atoms with Gasteiger partial charge in [0.05, 0.1) is 0 Å². The van der Waals surface area contributed by atoms with Gasteiger partial charge in [0, 0.05) is 0 Å². The van der Waals surface area contributed by atoms with E-state index in [0.29, 0.717) is 0 Å². The molecule has 13 heavy (non-hydrogen) atoms. The van der Waals surface area contributed by atoms with Crippen molar-refractivity contribution in [2.45, 2.75) is 60.3 Å². The summed E-state index contributed by atoms with van der Waals surface area (Å²) in [4.78, 5) is 0. The molecule has 0 aliphatic heterocycles. The monoisotopic (exact) mass is 182 g/mol. The Morgan fingerprint density at radius 3 is 2.23 bits per heavy atom. The molecule has 0 heteroatoms. The van der Waals surface area contributed by atoms with Gasteiger partial charge in [-0.2, -0.15) is 0 Å². The minimum Gasteiger partial charge on any atom is -0.0853 e. The molecular weight excluding hydrogens is 156 g/mol. The third-order valence-corrected chi connectivity index (χ3v) is 2.99. The molecule has 0 aromatic heterocycles. The van der Waals surface area contributed by atoms with Crippen LogP contribution in [0.15, 0.2) is 11.6 Å². The number of rotatable bonds is 6. The van der Waals surface area contributed by atoms with Crippen LogP contribution < -0.4 is 0 Å². The maximum Gasteiger partial charge on any atom is -0.0211 e. The summed E-state index contributed by atoms with van der Waals surface area (Å²) >= 11 is 0. The quantitative estimate of drug-likeness (QED) is 0.408. The van der Waals surface area contributed by atoms with E-state index in [9.17, 15) is 0 Å². The summed E-state index contributed by atoms with van der Waals surface area (Å²) in [6, 6.07) is 0. The van der Waals surface area contributed by atoms with Crippen molar-refractivity contribution >= 4 is 0 Å². The SMILES string of the molecule is CCCCCC=C(C)C(C)C(C)C. The second kappa shape index (κ2) is 7.17. The minimum absolute atomic E-state index is 0.752. The molecule has 0 N–H and O–H groups in total. The lowest BCUT2D eigenvalue weighted by molar-refractivity contribution is 0.478. The Morgan fingerprint density at radius 2 is 1.77 bits per heavy atom. The first-order valence-electron chi connectivity index (χ1n) is 5.76. The largest absolute Gasteiger partial charge is 0.0853 e. The fourth-order valence-corrected chi connectivity index (χ4v) is 1.44. The van der Waals surface area contributed by atoms with Crippen molar-refractivity contribution in [2.75, 3.05) is 0 Å². The van der Waals surface area contributed by atoms with E-state index in [1.165, 1.54) is 25.7 Å². The molecule has 0 aliphatic rings. The normalized spacial score (nSPS) is 15.1. The molecule has 1 atom stereocenters. The highest BCUT2D eigenvalue weighted by molar-refractivity contribution is 5.02. The summed E-state index contributed by atoms with van der Waals surface area (Å²) in [5.74, 6) is 1.53. The van der Waals surface area contributed by atoms with Gasteiger partial charge in [-0.15, -0.1) is 0 Å². The summed E-state index contributed by atoms with van der Waals surface area (Å²) in [7, 11) is 0. The second-order valence-corrected chi connectivity index (χ2v) is 4.48. The lowest BCUT2D eigenvalue weighted by atomic mass is 9.90. The fraction of sp³-hybridized carbons (Fsp3) is 0.846. The Labute approximate surface area is 84.4 Å². The van der Waals surface area contributed by atoms with Crippen LogP contribution in [0.5, 0.6) is 0 Å². The van der Waals surface area contributed by atoms with Gasteiger partial charge >= 0.3 is 0 Å². The average Bonchev–Trinajstić information content (AvgIpc) is 2.10. The van der Waals surface area contributed by atoms with Crippen molar-refractivity contribution in [2.24, 2.45) is 11.8 Å². The van der Waals surface area contributed by atoms with E-state index in [1.54, 1.807) is 5.57 Å². The molecule has 0 aromatic rings. The first-order valence-corrected chi connectivity index (χ1v) is 5.76. The highest BCUT2D eigenvalue weighted by Gasteiger charge is 2.07. The summed E-state index contributed by atoms with van der Waals surface area (Å²) in [5.41, 5.74) is 1.58. The molecule has 1 unspecified atom stereocenters. The second-order valence-electron chi connectivity index (χ2n) is 4.48. The molecule has 0 aromatic carbocycles.